The predicted molar refractivity (Wildman–Crippen MR) is 127 cm³/mol. The number of nitrogens with one attached hydrogen (secondary N) is 1. The van der Waals surface area contributed by atoms with Crippen molar-refractivity contribution in [1.82, 2.24) is 9.78 Å². The Morgan fingerprint density at radius 2 is 1.76 bits per heavy atom. The van der Waals surface area contributed by atoms with Gasteiger partial charge < -0.3 is 10.1 Å². The number of rotatable bonds is 10. The average molecular weight is 466 g/mol. The number of anilines is 1. The Morgan fingerprint density at radius 3 is 2.47 bits per heavy atom. The minimum atomic E-state index is -1.27. The summed E-state index contributed by atoms with van der Waals surface area (Å²) in [5, 5.41) is 18.5. The van der Waals surface area contributed by atoms with Gasteiger partial charge in [0.15, 0.2) is 11.8 Å². The van der Waals surface area contributed by atoms with Crippen molar-refractivity contribution in [3.63, 3.8) is 0 Å². The Labute approximate surface area is 195 Å². The molecule has 3 aromatic rings. The minimum absolute atomic E-state index is 0.00963. The van der Waals surface area contributed by atoms with Crippen LogP contribution in [-0.4, -0.2) is 32.7 Å². The van der Waals surface area contributed by atoms with E-state index < -0.39 is 22.9 Å². The maximum atomic E-state index is 13.0. The normalized spacial score (nSPS) is 11.7. The van der Waals surface area contributed by atoms with Gasteiger partial charge in [0.05, 0.1) is 10.3 Å². The number of carbonyl (C=O) groups is 2. The Kier molecular flexibility index (Phi) is 8.07. The molecule has 0 fully saturated rings. The number of nitrogens with zero attached hydrogens (tertiary/aromatic N) is 3. The van der Waals surface area contributed by atoms with Gasteiger partial charge in [0, 0.05) is 18.0 Å². The van der Waals surface area contributed by atoms with Crippen LogP contribution in [0.15, 0.2) is 53.3 Å². The molecule has 0 saturated carbocycles. The molecule has 0 radical (unpaired) electrons. The molecule has 1 N–H and O–H groups in total. The third-order valence-electron chi connectivity index (χ3n) is 5.30. The summed E-state index contributed by atoms with van der Waals surface area (Å²) >= 11 is 0. The zero-order valence-corrected chi connectivity index (χ0v) is 19.0. The fraction of sp³-hybridized carbons (Fsp3) is 0.333. The minimum Gasteiger partial charge on any atom is -0.448 e. The Bertz CT molecular complexity index is 1270. The number of amides is 1. The molecule has 34 heavy (non-hydrogen) atoms. The maximum Gasteiger partial charge on any atom is 0.360 e. The topological polar surface area (TPSA) is 133 Å². The van der Waals surface area contributed by atoms with Crippen molar-refractivity contribution in [3.05, 3.63) is 74.7 Å². The molecule has 1 atom stereocenters. The van der Waals surface area contributed by atoms with Crippen molar-refractivity contribution in [1.29, 1.82) is 0 Å². The lowest BCUT2D eigenvalue weighted by molar-refractivity contribution is -0.383. The molecule has 1 heterocycles. The van der Waals surface area contributed by atoms with Gasteiger partial charge in [-0.25, -0.2) is 9.48 Å². The molecule has 3 rings (SSSR count). The largest absolute Gasteiger partial charge is 0.448 e. The molecule has 0 aliphatic heterocycles. The number of esters is 1. The number of benzene rings is 2. The van der Waals surface area contributed by atoms with Crippen molar-refractivity contribution in [2.45, 2.75) is 52.2 Å². The summed E-state index contributed by atoms with van der Waals surface area (Å²) in [6, 6.07) is 12.2. The van der Waals surface area contributed by atoms with Gasteiger partial charge in [0.2, 0.25) is 0 Å². The molecule has 10 nitrogen and oxygen atoms in total. The third kappa shape index (κ3) is 5.64. The fourth-order valence-corrected chi connectivity index (χ4v) is 3.47. The van der Waals surface area contributed by atoms with E-state index in [-0.39, 0.29) is 22.6 Å². The number of aryl methyl sites for hydroxylation is 1. The molecule has 178 valence electrons. The van der Waals surface area contributed by atoms with Crippen LogP contribution in [0.5, 0.6) is 0 Å². The van der Waals surface area contributed by atoms with Crippen LogP contribution in [-0.2, 0) is 16.1 Å². The van der Waals surface area contributed by atoms with Crippen LogP contribution in [0.2, 0.25) is 0 Å². The van der Waals surface area contributed by atoms with Crippen LogP contribution in [0, 0.1) is 10.1 Å². The van der Waals surface area contributed by atoms with Gasteiger partial charge in [-0.15, -0.1) is 0 Å². The van der Waals surface area contributed by atoms with Gasteiger partial charge >= 0.3 is 5.97 Å². The zero-order valence-electron chi connectivity index (χ0n) is 19.0. The summed E-state index contributed by atoms with van der Waals surface area (Å²) in [5.74, 6) is -1.61. The van der Waals surface area contributed by atoms with E-state index in [0.29, 0.717) is 17.3 Å². The van der Waals surface area contributed by atoms with E-state index in [0.717, 1.165) is 25.7 Å². The molecule has 0 aliphatic rings. The second kappa shape index (κ2) is 11.2. The molecule has 0 bridgehead atoms. The fourth-order valence-electron chi connectivity index (χ4n) is 3.47. The van der Waals surface area contributed by atoms with Crippen molar-refractivity contribution < 1.29 is 19.2 Å². The SMILES string of the molecule is CCCCCCn1nc(C(=O)OC(C)C(=O)Nc2ccccc2[N+](=O)[O-])c2ccccc2c1=O. The Balaban J connectivity index is 1.82. The van der Waals surface area contributed by atoms with Crippen LogP contribution in [0.4, 0.5) is 11.4 Å². The monoisotopic (exact) mass is 466 g/mol. The molecule has 0 saturated heterocycles. The number of aromatic nitrogens is 2. The smallest absolute Gasteiger partial charge is 0.360 e. The molecular weight excluding hydrogens is 440 g/mol. The Hall–Kier alpha value is -4.08. The molecule has 10 heteroatoms. The highest BCUT2D eigenvalue weighted by Gasteiger charge is 2.25. The highest BCUT2D eigenvalue weighted by Crippen LogP contribution is 2.23. The number of unbranched alkanes of at least 4 members (excludes halogenated alkanes) is 3. The molecular formula is C24H26N4O6. The summed E-state index contributed by atoms with van der Waals surface area (Å²) in [7, 11) is 0. The molecule has 1 amide bonds. The van der Waals surface area contributed by atoms with Crippen molar-refractivity contribution in [2.75, 3.05) is 5.32 Å². The number of fused-ring (bicyclic) bond motifs is 1. The molecule has 1 unspecified atom stereocenters. The molecule has 0 spiro atoms. The second-order valence-electron chi connectivity index (χ2n) is 7.79. The zero-order chi connectivity index (χ0) is 24.7. The highest BCUT2D eigenvalue weighted by atomic mass is 16.6. The molecule has 0 aliphatic carbocycles. The number of ether oxygens (including phenoxy) is 1. The standard InChI is InChI=1S/C24H26N4O6/c1-3-4-5-10-15-27-23(30)18-12-7-6-11-17(18)21(26-27)24(31)34-16(2)22(29)25-19-13-8-9-14-20(19)28(32)33/h6-9,11-14,16H,3-5,10,15H2,1-2H3,(H,25,29). The van der Waals surface area contributed by atoms with E-state index >= 15 is 0 Å². The highest BCUT2D eigenvalue weighted by molar-refractivity contribution is 6.04. The number of carbonyl (C=O) groups excluding carboxylic acids is 2. The van der Waals surface area contributed by atoms with Gasteiger partial charge in [-0.2, -0.15) is 5.10 Å². The predicted octanol–water partition coefficient (Wildman–Crippen LogP) is 4.07. The first-order valence-electron chi connectivity index (χ1n) is 11.1. The summed E-state index contributed by atoms with van der Waals surface area (Å²) in [6.07, 6.45) is 2.48. The average Bonchev–Trinajstić information content (AvgIpc) is 2.83. The van der Waals surface area contributed by atoms with Gasteiger partial charge in [-0.1, -0.05) is 56.5 Å². The first-order valence-corrected chi connectivity index (χ1v) is 11.1. The molecule has 1 aromatic heterocycles. The van der Waals surface area contributed by atoms with E-state index in [2.05, 4.69) is 17.3 Å². The van der Waals surface area contributed by atoms with E-state index in [1.165, 1.54) is 29.8 Å². The lowest BCUT2D eigenvalue weighted by Gasteiger charge is -2.15. The van der Waals surface area contributed by atoms with Crippen molar-refractivity contribution >= 4 is 34.0 Å². The quantitative estimate of drug-likeness (QED) is 0.206. The Morgan fingerprint density at radius 1 is 1.09 bits per heavy atom. The maximum absolute atomic E-state index is 13.0. The van der Waals surface area contributed by atoms with Gasteiger partial charge in [0.1, 0.15) is 5.69 Å². The van der Waals surface area contributed by atoms with Gasteiger partial charge in [-0.05, 0) is 25.5 Å². The summed E-state index contributed by atoms with van der Waals surface area (Å²) in [4.78, 5) is 48.9. The third-order valence-corrected chi connectivity index (χ3v) is 5.30. The van der Waals surface area contributed by atoms with E-state index in [1.807, 2.05) is 0 Å². The van der Waals surface area contributed by atoms with E-state index in [9.17, 15) is 24.5 Å². The second-order valence-corrected chi connectivity index (χ2v) is 7.79. The van der Waals surface area contributed by atoms with Crippen molar-refractivity contribution in [2.24, 2.45) is 0 Å². The van der Waals surface area contributed by atoms with Gasteiger partial charge in [0.25, 0.3) is 17.2 Å². The number of para-hydroxylation sites is 2. The van der Waals surface area contributed by atoms with Gasteiger partial charge in [-0.3, -0.25) is 19.7 Å². The van der Waals surface area contributed by atoms with E-state index in [4.69, 9.17) is 4.74 Å². The molecule has 2 aromatic carbocycles. The number of hydrogen-bond acceptors (Lipinski definition) is 7. The lowest BCUT2D eigenvalue weighted by Crippen LogP contribution is -2.32. The van der Waals surface area contributed by atoms with Crippen molar-refractivity contribution in [3.8, 4) is 0 Å². The first kappa shape index (κ1) is 24.6. The summed E-state index contributed by atoms with van der Waals surface area (Å²) in [6.45, 7) is 3.80. The van der Waals surface area contributed by atoms with Crippen LogP contribution >= 0.6 is 0 Å². The van der Waals surface area contributed by atoms with Crippen LogP contribution < -0.4 is 10.9 Å². The number of hydrogen-bond donors (Lipinski definition) is 1. The number of nitro groups is 1. The lowest BCUT2D eigenvalue weighted by atomic mass is 10.1. The number of nitro benzene ring substituents is 1. The first-order chi connectivity index (χ1) is 16.3. The summed E-state index contributed by atoms with van der Waals surface area (Å²) < 4.78 is 6.57. The van der Waals surface area contributed by atoms with Crippen LogP contribution in [0.3, 0.4) is 0 Å². The van der Waals surface area contributed by atoms with Crippen LogP contribution in [0.1, 0.15) is 50.0 Å². The van der Waals surface area contributed by atoms with E-state index in [1.54, 1.807) is 30.3 Å². The summed E-state index contributed by atoms with van der Waals surface area (Å²) in [5.41, 5.74) is -0.663. The van der Waals surface area contributed by atoms with Crippen LogP contribution in [0.25, 0.3) is 10.8 Å².